The van der Waals surface area contributed by atoms with E-state index >= 15 is 0 Å². The van der Waals surface area contributed by atoms with Gasteiger partial charge in [0, 0.05) is 19.5 Å². The summed E-state index contributed by atoms with van der Waals surface area (Å²) in [6.45, 7) is 4.59. The zero-order chi connectivity index (χ0) is 11.8. The second-order valence-corrected chi connectivity index (χ2v) is 4.38. The predicted octanol–water partition coefficient (Wildman–Crippen LogP) is 0.749. The Kier molecular flexibility index (Phi) is 6.42. The van der Waals surface area contributed by atoms with Gasteiger partial charge in [-0.25, -0.2) is 0 Å². The highest BCUT2D eigenvalue weighted by Crippen LogP contribution is 2.17. The minimum absolute atomic E-state index is 0.0524. The lowest BCUT2D eigenvalue weighted by molar-refractivity contribution is -0.134. The highest BCUT2D eigenvalue weighted by atomic mass is 16.3. The van der Waals surface area contributed by atoms with E-state index in [2.05, 4.69) is 5.32 Å². The molecule has 1 unspecified atom stereocenters. The van der Waals surface area contributed by atoms with Crippen molar-refractivity contribution in [2.24, 2.45) is 0 Å². The number of likely N-dealkylation sites (tertiary alicyclic amines) is 1. The molecular formula is C12H24N2O2. The molecule has 1 atom stereocenters. The van der Waals surface area contributed by atoms with E-state index in [9.17, 15) is 9.90 Å². The van der Waals surface area contributed by atoms with E-state index in [0.29, 0.717) is 6.42 Å². The average Bonchev–Trinajstić information content (AvgIpc) is 2.54. The van der Waals surface area contributed by atoms with Gasteiger partial charge in [0.25, 0.3) is 0 Å². The van der Waals surface area contributed by atoms with E-state index in [-0.39, 0.29) is 18.6 Å². The molecule has 1 amide bonds. The van der Waals surface area contributed by atoms with Gasteiger partial charge in [-0.05, 0) is 19.4 Å². The summed E-state index contributed by atoms with van der Waals surface area (Å²) in [4.78, 5) is 13.8. The van der Waals surface area contributed by atoms with Crippen LogP contribution in [0.1, 0.15) is 39.0 Å². The summed E-state index contributed by atoms with van der Waals surface area (Å²) >= 11 is 0. The van der Waals surface area contributed by atoms with Crippen LogP contribution in [-0.2, 0) is 4.79 Å². The average molecular weight is 228 g/mol. The number of nitrogens with one attached hydrogen (secondary N) is 1. The number of aliphatic hydroxyl groups is 1. The van der Waals surface area contributed by atoms with E-state index in [1.54, 1.807) is 0 Å². The Bertz CT molecular complexity index is 209. The third-order valence-corrected chi connectivity index (χ3v) is 3.17. The van der Waals surface area contributed by atoms with E-state index in [0.717, 1.165) is 38.9 Å². The van der Waals surface area contributed by atoms with Crippen LogP contribution < -0.4 is 5.32 Å². The van der Waals surface area contributed by atoms with Crippen molar-refractivity contribution in [1.82, 2.24) is 10.2 Å². The number of rotatable bonds is 5. The molecule has 0 aromatic rings. The molecule has 1 saturated heterocycles. The smallest absolute Gasteiger partial charge is 0.224 e. The Morgan fingerprint density at radius 2 is 2.25 bits per heavy atom. The first-order chi connectivity index (χ1) is 7.79. The lowest BCUT2D eigenvalue weighted by Gasteiger charge is -2.28. The number of nitrogens with zero attached hydrogens (tertiary/aromatic N) is 1. The molecule has 1 fully saturated rings. The van der Waals surface area contributed by atoms with Crippen molar-refractivity contribution in [2.45, 2.75) is 45.1 Å². The van der Waals surface area contributed by atoms with Crippen molar-refractivity contribution < 1.29 is 9.90 Å². The monoisotopic (exact) mass is 228 g/mol. The molecule has 0 radical (unpaired) electrons. The van der Waals surface area contributed by atoms with Gasteiger partial charge in [-0.15, -0.1) is 0 Å². The van der Waals surface area contributed by atoms with Crippen molar-refractivity contribution in [3.05, 3.63) is 0 Å². The standard InChI is InChI=1S/C12H24N2O2/c1-2-13-8-7-12(16)14-9-5-3-4-6-11(14)10-15/h11,13,15H,2-10H2,1H3. The van der Waals surface area contributed by atoms with Gasteiger partial charge in [-0.1, -0.05) is 19.8 Å². The summed E-state index contributed by atoms with van der Waals surface area (Å²) in [7, 11) is 0. The maximum absolute atomic E-state index is 12.0. The molecule has 1 aliphatic rings. The minimum Gasteiger partial charge on any atom is -0.394 e. The number of aliphatic hydroxyl groups excluding tert-OH is 1. The van der Waals surface area contributed by atoms with E-state index < -0.39 is 0 Å². The molecule has 94 valence electrons. The summed E-state index contributed by atoms with van der Waals surface area (Å²) in [6, 6.07) is 0.0524. The van der Waals surface area contributed by atoms with Crippen molar-refractivity contribution in [3.8, 4) is 0 Å². The van der Waals surface area contributed by atoms with Gasteiger partial charge in [0.1, 0.15) is 0 Å². The SMILES string of the molecule is CCNCCC(=O)N1CCCCCC1CO. The summed E-state index contributed by atoms with van der Waals surface area (Å²) in [5.74, 6) is 0.182. The predicted molar refractivity (Wildman–Crippen MR) is 64.2 cm³/mol. The fraction of sp³-hybridized carbons (Fsp3) is 0.917. The van der Waals surface area contributed by atoms with Crippen molar-refractivity contribution >= 4 is 5.91 Å². The fourth-order valence-corrected chi connectivity index (χ4v) is 2.21. The van der Waals surface area contributed by atoms with Crippen LogP contribution >= 0.6 is 0 Å². The second kappa shape index (κ2) is 7.63. The summed E-state index contributed by atoms with van der Waals surface area (Å²) in [5.41, 5.74) is 0. The van der Waals surface area contributed by atoms with Gasteiger partial charge >= 0.3 is 0 Å². The summed E-state index contributed by atoms with van der Waals surface area (Å²) < 4.78 is 0. The van der Waals surface area contributed by atoms with E-state index in [1.807, 2.05) is 11.8 Å². The first-order valence-corrected chi connectivity index (χ1v) is 6.40. The highest BCUT2D eigenvalue weighted by molar-refractivity contribution is 5.76. The van der Waals surface area contributed by atoms with Gasteiger partial charge in [-0.3, -0.25) is 4.79 Å². The van der Waals surface area contributed by atoms with Crippen LogP contribution in [0.5, 0.6) is 0 Å². The minimum atomic E-state index is 0.0524. The van der Waals surface area contributed by atoms with Gasteiger partial charge < -0.3 is 15.3 Å². The van der Waals surface area contributed by atoms with Crippen LogP contribution in [0.15, 0.2) is 0 Å². The lowest BCUT2D eigenvalue weighted by atomic mass is 10.1. The molecule has 0 aromatic heterocycles. The molecular weight excluding hydrogens is 204 g/mol. The maximum atomic E-state index is 12.0. The lowest BCUT2D eigenvalue weighted by Crippen LogP contribution is -2.43. The highest BCUT2D eigenvalue weighted by Gasteiger charge is 2.23. The zero-order valence-electron chi connectivity index (χ0n) is 10.2. The van der Waals surface area contributed by atoms with Gasteiger partial charge in [0.15, 0.2) is 0 Å². The van der Waals surface area contributed by atoms with Gasteiger partial charge in [0.2, 0.25) is 5.91 Å². The van der Waals surface area contributed by atoms with Crippen LogP contribution in [-0.4, -0.2) is 48.2 Å². The Hall–Kier alpha value is -0.610. The molecule has 2 N–H and O–H groups in total. The number of carbonyl (C=O) groups is 1. The third-order valence-electron chi connectivity index (χ3n) is 3.17. The molecule has 1 rings (SSSR count). The van der Waals surface area contributed by atoms with Gasteiger partial charge in [0.05, 0.1) is 12.6 Å². The first-order valence-electron chi connectivity index (χ1n) is 6.40. The molecule has 1 heterocycles. The molecule has 1 aliphatic heterocycles. The summed E-state index contributed by atoms with van der Waals surface area (Å²) in [6.07, 6.45) is 4.87. The molecule has 0 bridgehead atoms. The maximum Gasteiger partial charge on any atom is 0.224 e. The van der Waals surface area contributed by atoms with Crippen LogP contribution in [0.25, 0.3) is 0 Å². The van der Waals surface area contributed by atoms with E-state index in [4.69, 9.17) is 0 Å². The Balaban J connectivity index is 2.42. The van der Waals surface area contributed by atoms with E-state index in [1.165, 1.54) is 6.42 Å². The molecule has 4 heteroatoms. The quantitative estimate of drug-likeness (QED) is 0.683. The molecule has 0 spiro atoms. The normalized spacial score (nSPS) is 21.9. The Morgan fingerprint density at radius 3 is 2.94 bits per heavy atom. The van der Waals surface area contributed by atoms with Crippen LogP contribution in [0.2, 0.25) is 0 Å². The van der Waals surface area contributed by atoms with Crippen LogP contribution in [0.4, 0.5) is 0 Å². The largest absolute Gasteiger partial charge is 0.394 e. The third kappa shape index (κ3) is 4.10. The van der Waals surface area contributed by atoms with Crippen molar-refractivity contribution in [1.29, 1.82) is 0 Å². The zero-order valence-corrected chi connectivity index (χ0v) is 10.2. The molecule has 0 aromatic carbocycles. The molecule has 4 nitrogen and oxygen atoms in total. The first kappa shape index (κ1) is 13.5. The molecule has 0 saturated carbocycles. The number of hydrogen-bond acceptors (Lipinski definition) is 3. The summed E-state index contributed by atoms with van der Waals surface area (Å²) in [5, 5.41) is 12.5. The number of hydrogen-bond donors (Lipinski definition) is 2. The molecule has 0 aliphatic carbocycles. The number of carbonyl (C=O) groups excluding carboxylic acids is 1. The van der Waals surface area contributed by atoms with Crippen molar-refractivity contribution in [2.75, 3.05) is 26.2 Å². The van der Waals surface area contributed by atoms with Crippen LogP contribution in [0, 0.1) is 0 Å². The van der Waals surface area contributed by atoms with Crippen LogP contribution in [0.3, 0.4) is 0 Å². The Labute approximate surface area is 98.0 Å². The Morgan fingerprint density at radius 1 is 1.44 bits per heavy atom. The number of amides is 1. The second-order valence-electron chi connectivity index (χ2n) is 4.38. The fourth-order valence-electron chi connectivity index (χ4n) is 2.21. The molecule has 16 heavy (non-hydrogen) atoms. The topological polar surface area (TPSA) is 52.6 Å². The van der Waals surface area contributed by atoms with Crippen molar-refractivity contribution in [3.63, 3.8) is 0 Å². The van der Waals surface area contributed by atoms with Gasteiger partial charge in [-0.2, -0.15) is 0 Å².